The van der Waals surface area contributed by atoms with Crippen molar-refractivity contribution in [2.45, 2.75) is 39.5 Å². The first-order valence-corrected chi connectivity index (χ1v) is 6.54. The molecule has 17 heavy (non-hydrogen) atoms. The maximum absolute atomic E-state index is 5.44. The second kappa shape index (κ2) is 8.20. The summed E-state index contributed by atoms with van der Waals surface area (Å²) in [7, 11) is 0. The third-order valence-corrected chi connectivity index (χ3v) is 2.90. The van der Waals surface area contributed by atoms with Gasteiger partial charge in [-0.15, -0.1) is 0 Å². The van der Waals surface area contributed by atoms with Crippen molar-refractivity contribution in [1.29, 1.82) is 0 Å². The maximum Gasteiger partial charge on any atom is 0.226 e. The number of hydrogen-bond donors (Lipinski definition) is 1. The van der Waals surface area contributed by atoms with Crippen LogP contribution in [-0.2, 0) is 12.8 Å². The fourth-order valence-corrected chi connectivity index (χ4v) is 1.71. The predicted octanol–water partition coefficient (Wildman–Crippen LogP) is 1.24. The summed E-state index contributed by atoms with van der Waals surface area (Å²) in [6, 6.07) is 0. The Morgan fingerprint density at radius 2 is 1.94 bits per heavy atom. The van der Waals surface area contributed by atoms with Gasteiger partial charge in [-0.25, -0.2) is 0 Å². The number of nitrogens with two attached hydrogens (primary N) is 1. The largest absolute Gasteiger partial charge is 0.339 e. The van der Waals surface area contributed by atoms with E-state index in [0.717, 1.165) is 63.6 Å². The van der Waals surface area contributed by atoms with Crippen molar-refractivity contribution in [3.63, 3.8) is 0 Å². The summed E-state index contributed by atoms with van der Waals surface area (Å²) in [4.78, 5) is 6.73. The molecule has 0 aliphatic heterocycles. The van der Waals surface area contributed by atoms with Crippen molar-refractivity contribution in [3.05, 3.63) is 11.7 Å². The van der Waals surface area contributed by atoms with Crippen LogP contribution in [0.2, 0.25) is 0 Å². The lowest BCUT2D eigenvalue weighted by Crippen LogP contribution is -2.25. The number of unbranched alkanes of at least 4 members (excludes halogenated alkanes) is 1. The molecular weight excluding hydrogens is 216 g/mol. The quantitative estimate of drug-likeness (QED) is 0.658. The van der Waals surface area contributed by atoms with Crippen LogP contribution in [0, 0.1) is 0 Å². The van der Waals surface area contributed by atoms with Gasteiger partial charge in [0.05, 0.1) is 0 Å². The normalized spacial score (nSPS) is 11.3. The maximum atomic E-state index is 5.44. The number of nitrogens with zero attached hydrogens (tertiary/aromatic N) is 3. The van der Waals surface area contributed by atoms with Gasteiger partial charge in [0.1, 0.15) is 0 Å². The molecule has 98 valence electrons. The molecule has 1 heterocycles. The van der Waals surface area contributed by atoms with Crippen LogP contribution in [0.3, 0.4) is 0 Å². The second-order valence-electron chi connectivity index (χ2n) is 4.13. The first kappa shape index (κ1) is 14.1. The van der Waals surface area contributed by atoms with E-state index in [4.69, 9.17) is 10.3 Å². The molecule has 5 heteroatoms. The topological polar surface area (TPSA) is 68.2 Å². The number of likely N-dealkylation sites (N-methyl/N-ethyl adjacent to an activating group) is 1. The van der Waals surface area contributed by atoms with Crippen molar-refractivity contribution in [1.82, 2.24) is 15.0 Å². The Kier molecular flexibility index (Phi) is 6.81. The lowest BCUT2D eigenvalue weighted by Gasteiger charge is -2.16. The van der Waals surface area contributed by atoms with Crippen LogP contribution in [0.5, 0.6) is 0 Å². The van der Waals surface area contributed by atoms with Gasteiger partial charge in [0.15, 0.2) is 5.82 Å². The zero-order valence-corrected chi connectivity index (χ0v) is 11.0. The zero-order chi connectivity index (χ0) is 12.5. The molecule has 0 amide bonds. The summed E-state index contributed by atoms with van der Waals surface area (Å²) in [6.45, 7) is 8.18. The van der Waals surface area contributed by atoms with Gasteiger partial charge in [-0.1, -0.05) is 19.0 Å². The molecule has 0 aliphatic rings. The summed E-state index contributed by atoms with van der Waals surface area (Å²) in [5.41, 5.74) is 5.44. The van der Waals surface area contributed by atoms with Gasteiger partial charge in [0.2, 0.25) is 5.89 Å². The molecule has 0 saturated heterocycles. The summed E-state index contributed by atoms with van der Waals surface area (Å²) in [5, 5.41) is 3.99. The van der Waals surface area contributed by atoms with Crippen LogP contribution < -0.4 is 5.73 Å². The molecular formula is C12H24N4O. The molecule has 0 saturated carbocycles. The van der Waals surface area contributed by atoms with E-state index in [9.17, 15) is 0 Å². The third kappa shape index (κ3) is 5.28. The van der Waals surface area contributed by atoms with E-state index in [1.54, 1.807) is 0 Å². The lowest BCUT2D eigenvalue weighted by molar-refractivity contribution is 0.302. The van der Waals surface area contributed by atoms with Crippen molar-refractivity contribution in [2.75, 3.05) is 26.2 Å². The molecule has 1 rings (SSSR count). The summed E-state index contributed by atoms with van der Waals surface area (Å²) >= 11 is 0. The molecule has 0 spiro atoms. The fourth-order valence-electron chi connectivity index (χ4n) is 1.71. The second-order valence-corrected chi connectivity index (χ2v) is 4.13. The Hall–Kier alpha value is -0.940. The van der Waals surface area contributed by atoms with Gasteiger partial charge in [-0.3, -0.25) is 0 Å². The highest BCUT2D eigenvalue weighted by atomic mass is 16.5. The molecule has 0 aliphatic carbocycles. The average Bonchev–Trinajstić information content (AvgIpc) is 2.79. The van der Waals surface area contributed by atoms with Crippen LogP contribution in [0.1, 0.15) is 38.4 Å². The Bertz CT molecular complexity index is 296. The lowest BCUT2D eigenvalue weighted by atomic mass is 10.2. The molecule has 0 atom stereocenters. The zero-order valence-electron chi connectivity index (χ0n) is 11.0. The molecule has 0 bridgehead atoms. The van der Waals surface area contributed by atoms with E-state index >= 15 is 0 Å². The van der Waals surface area contributed by atoms with Gasteiger partial charge in [0, 0.05) is 19.4 Å². The standard InChI is InChI=1S/C12H24N4O/c1-3-16(4-2)10-8-11-14-12(17-15-11)7-5-6-9-13/h3-10,13H2,1-2H3. The van der Waals surface area contributed by atoms with Gasteiger partial charge >= 0.3 is 0 Å². The number of aromatic nitrogens is 2. The van der Waals surface area contributed by atoms with Crippen LogP contribution in [-0.4, -0.2) is 41.2 Å². The molecule has 0 radical (unpaired) electrons. The molecule has 0 unspecified atom stereocenters. The average molecular weight is 240 g/mol. The highest BCUT2D eigenvalue weighted by Crippen LogP contribution is 2.03. The Balaban J connectivity index is 2.30. The highest BCUT2D eigenvalue weighted by Gasteiger charge is 2.07. The number of hydrogen-bond acceptors (Lipinski definition) is 5. The first-order valence-electron chi connectivity index (χ1n) is 6.54. The minimum absolute atomic E-state index is 0.725. The minimum atomic E-state index is 0.725. The highest BCUT2D eigenvalue weighted by molar-refractivity contribution is 4.87. The SMILES string of the molecule is CCN(CC)CCc1noc(CCCCN)n1. The van der Waals surface area contributed by atoms with Crippen LogP contribution >= 0.6 is 0 Å². The van der Waals surface area contributed by atoms with Crippen molar-refractivity contribution >= 4 is 0 Å². The Morgan fingerprint density at radius 1 is 1.18 bits per heavy atom. The van der Waals surface area contributed by atoms with Crippen molar-refractivity contribution in [3.8, 4) is 0 Å². The molecule has 0 aromatic carbocycles. The van der Waals surface area contributed by atoms with E-state index in [1.165, 1.54) is 0 Å². The van der Waals surface area contributed by atoms with Crippen LogP contribution in [0.4, 0.5) is 0 Å². The Morgan fingerprint density at radius 3 is 2.59 bits per heavy atom. The van der Waals surface area contributed by atoms with Crippen LogP contribution in [0.25, 0.3) is 0 Å². The molecule has 2 N–H and O–H groups in total. The smallest absolute Gasteiger partial charge is 0.226 e. The molecule has 1 aromatic heterocycles. The fraction of sp³-hybridized carbons (Fsp3) is 0.833. The molecule has 1 aromatic rings. The molecule has 5 nitrogen and oxygen atoms in total. The van der Waals surface area contributed by atoms with Gasteiger partial charge in [0.25, 0.3) is 0 Å². The third-order valence-electron chi connectivity index (χ3n) is 2.90. The van der Waals surface area contributed by atoms with E-state index in [-0.39, 0.29) is 0 Å². The summed E-state index contributed by atoms with van der Waals surface area (Å²) in [6.07, 6.45) is 3.74. The number of aryl methyl sites for hydroxylation is 1. The van der Waals surface area contributed by atoms with E-state index < -0.39 is 0 Å². The van der Waals surface area contributed by atoms with E-state index in [0.29, 0.717) is 0 Å². The molecule has 0 fully saturated rings. The monoisotopic (exact) mass is 240 g/mol. The minimum Gasteiger partial charge on any atom is -0.339 e. The van der Waals surface area contributed by atoms with Crippen LogP contribution in [0.15, 0.2) is 4.52 Å². The Labute approximate surface area is 103 Å². The summed E-state index contributed by atoms with van der Waals surface area (Å²) in [5.74, 6) is 1.56. The number of rotatable bonds is 9. The van der Waals surface area contributed by atoms with Crippen molar-refractivity contribution in [2.24, 2.45) is 5.73 Å². The van der Waals surface area contributed by atoms with Crippen molar-refractivity contribution < 1.29 is 4.52 Å². The summed E-state index contributed by atoms with van der Waals surface area (Å²) < 4.78 is 5.19. The predicted molar refractivity (Wildman–Crippen MR) is 67.8 cm³/mol. The van der Waals surface area contributed by atoms with Gasteiger partial charge in [-0.2, -0.15) is 4.98 Å². The van der Waals surface area contributed by atoms with E-state index in [1.807, 2.05) is 0 Å². The van der Waals surface area contributed by atoms with E-state index in [2.05, 4.69) is 28.9 Å². The van der Waals surface area contributed by atoms with Gasteiger partial charge in [-0.05, 0) is 32.5 Å². The van der Waals surface area contributed by atoms with Gasteiger partial charge < -0.3 is 15.2 Å². The first-order chi connectivity index (χ1) is 8.30.